The molecule has 184 valence electrons. The van der Waals surface area contributed by atoms with Gasteiger partial charge in [-0.05, 0) is 32.0 Å². The summed E-state index contributed by atoms with van der Waals surface area (Å²) in [6.45, 7) is 2.93. The fourth-order valence-corrected chi connectivity index (χ4v) is 4.34. The molecule has 4 aromatic rings. The number of sulfone groups is 1. The van der Waals surface area contributed by atoms with Gasteiger partial charge in [0.15, 0.2) is 20.8 Å². The van der Waals surface area contributed by atoms with Crippen molar-refractivity contribution >= 4 is 42.7 Å². The molecule has 0 spiro atoms. The first kappa shape index (κ1) is 24.6. The lowest BCUT2D eigenvalue weighted by atomic mass is 9.96. The van der Waals surface area contributed by atoms with Crippen LogP contribution in [-0.2, 0) is 21.7 Å². The van der Waals surface area contributed by atoms with Gasteiger partial charge in [0.1, 0.15) is 17.0 Å². The lowest BCUT2D eigenvalue weighted by molar-refractivity contribution is 0.252. The minimum absolute atomic E-state index is 0.100. The molecule has 0 bridgehead atoms. The van der Waals surface area contributed by atoms with E-state index in [9.17, 15) is 17.6 Å². The summed E-state index contributed by atoms with van der Waals surface area (Å²) >= 11 is 1.17. The van der Waals surface area contributed by atoms with Gasteiger partial charge in [-0.15, -0.1) is 0 Å². The molecule has 4 aromatic heterocycles. The molecule has 0 fully saturated rings. The second-order valence-corrected chi connectivity index (χ2v) is 11.4. The Morgan fingerprint density at radius 3 is 2.74 bits per heavy atom. The zero-order chi connectivity index (χ0) is 25.2. The van der Waals surface area contributed by atoms with E-state index in [2.05, 4.69) is 35.7 Å². The fourth-order valence-electron chi connectivity index (χ4n) is 2.91. The number of fused-ring (bicyclic) bond motifs is 1. The minimum Gasteiger partial charge on any atom is -0.339 e. The Bertz CT molecular complexity index is 1480. The van der Waals surface area contributed by atoms with Crippen molar-refractivity contribution in [3.05, 3.63) is 42.3 Å². The second-order valence-electron chi connectivity index (χ2n) is 8.39. The van der Waals surface area contributed by atoms with Gasteiger partial charge in [0.05, 0.1) is 16.0 Å². The number of amides is 2. The highest BCUT2D eigenvalue weighted by molar-refractivity contribution is 7.90. The minimum atomic E-state index is -3.40. The van der Waals surface area contributed by atoms with Crippen molar-refractivity contribution in [2.24, 2.45) is 0 Å². The van der Waals surface area contributed by atoms with Crippen molar-refractivity contribution in [2.45, 2.75) is 30.6 Å². The molecule has 35 heavy (non-hydrogen) atoms. The van der Waals surface area contributed by atoms with Gasteiger partial charge in [-0.3, -0.25) is 10.3 Å². The van der Waals surface area contributed by atoms with E-state index in [1.165, 1.54) is 29.8 Å². The van der Waals surface area contributed by atoms with Crippen LogP contribution >= 0.6 is 11.3 Å². The van der Waals surface area contributed by atoms with E-state index in [1.54, 1.807) is 26.0 Å². The molecule has 0 unspecified atom stereocenters. The Labute approximate surface area is 204 Å². The van der Waals surface area contributed by atoms with E-state index in [-0.39, 0.29) is 17.3 Å². The van der Waals surface area contributed by atoms with E-state index in [0.717, 1.165) is 6.26 Å². The standard InChI is InChI=1S/C21H22FN7O4S2/c1-21(2,11-22)18-27-16(29-33-18)6-7-24-19(30)28-20-26-15-5-4-14(25-17(15)34-20)12-8-13(10-23-9-12)35(3,31)32/h4-5,8-10H,6-7,11H2,1-3H3,(H2,24,26,28,30). The number of aromatic nitrogens is 5. The van der Waals surface area contributed by atoms with Gasteiger partial charge >= 0.3 is 6.03 Å². The molecular weight excluding hydrogens is 497 g/mol. The van der Waals surface area contributed by atoms with Crippen LogP contribution in [0.3, 0.4) is 0 Å². The topological polar surface area (TPSA) is 153 Å². The number of nitrogens with zero attached hydrogens (tertiary/aromatic N) is 5. The van der Waals surface area contributed by atoms with Crippen LogP contribution < -0.4 is 10.6 Å². The van der Waals surface area contributed by atoms with Crippen LogP contribution in [0.4, 0.5) is 14.3 Å². The van der Waals surface area contributed by atoms with Gasteiger partial charge in [0.25, 0.3) is 0 Å². The van der Waals surface area contributed by atoms with Crippen molar-refractivity contribution in [2.75, 3.05) is 24.8 Å². The Morgan fingerprint density at radius 2 is 2.00 bits per heavy atom. The van der Waals surface area contributed by atoms with E-state index < -0.39 is 28.0 Å². The van der Waals surface area contributed by atoms with Crippen LogP contribution in [0.1, 0.15) is 25.6 Å². The van der Waals surface area contributed by atoms with Gasteiger partial charge in [0, 0.05) is 37.2 Å². The van der Waals surface area contributed by atoms with Gasteiger partial charge < -0.3 is 9.84 Å². The van der Waals surface area contributed by atoms with Crippen LogP contribution in [0.15, 0.2) is 40.0 Å². The quantitative estimate of drug-likeness (QED) is 0.357. The van der Waals surface area contributed by atoms with Crippen molar-refractivity contribution in [1.82, 2.24) is 30.4 Å². The molecule has 2 amide bonds. The van der Waals surface area contributed by atoms with E-state index in [1.807, 2.05) is 0 Å². The highest BCUT2D eigenvalue weighted by Crippen LogP contribution is 2.28. The number of anilines is 1. The molecule has 4 heterocycles. The van der Waals surface area contributed by atoms with Crippen LogP contribution in [0, 0.1) is 0 Å². The summed E-state index contributed by atoms with van der Waals surface area (Å²) in [6.07, 6.45) is 4.24. The molecule has 0 saturated heterocycles. The first-order valence-corrected chi connectivity index (χ1v) is 13.1. The fraction of sp³-hybridized carbons (Fsp3) is 0.333. The number of carbonyl (C=O) groups excluding carboxylic acids is 1. The Hall–Kier alpha value is -3.52. The zero-order valence-corrected chi connectivity index (χ0v) is 20.7. The summed E-state index contributed by atoms with van der Waals surface area (Å²) in [5.74, 6) is 0.576. The molecule has 2 N–H and O–H groups in total. The molecule has 0 atom stereocenters. The lowest BCUT2D eigenvalue weighted by Gasteiger charge is -2.13. The highest BCUT2D eigenvalue weighted by Gasteiger charge is 2.27. The predicted octanol–water partition coefficient (Wildman–Crippen LogP) is 3.15. The maximum absolute atomic E-state index is 13.0. The van der Waals surface area contributed by atoms with Crippen molar-refractivity contribution < 1.29 is 22.1 Å². The average Bonchev–Trinajstić information content (AvgIpc) is 3.45. The second kappa shape index (κ2) is 9.62. The van der Waals surface area contributed by atoms with Crippen LogP contribution in [0.2, 0.25) is 0 Å². The van der Waals surface area contributed by atoms with Gasteiger partial charge in [-0.2, -0.15) is 4.98 Å². The lowest BCUT2D eigenvalue weighted by Crippen LogP contribution is -2.30. The largest absolute Gasteiger partial charge is 0.339 e. The van der Waals surface area contributed by atoms with Gasteiger partial charge in [0.2, 0.25) is 5.89 Å². The molecule has 4 rings (SSSR count). The van der Waals surface area contributed by atoms with Crippen molar-refractivity contribution in [3.8, 4) is 11.3 Å². The van der Waals surface area contributed by atoms with Crippen molar-refractivity contribution in [1.29, 1.82) is 0 Å². The first-order chi connectivity index (χ1) is 16.5. The summed E-state index contributed by atoms with van der Waals surface area (Å²) in [7, 11) is -3.40. The number of carbonyl (C=O) groups is 1. The maximum Gasteiger partial charge on any atom is 0.321 e. The summed E-state index contributed by atoms with van der Waals surface area (Å²) in [6, 6.07) is 4.48. The number of hydrogen-bond donors (Lipinski definition) is 2. The highest BCUT2D eigenvalue weighted by atomic mass is 32.2. The number of hydrogen-bond acceptors (Lipinski definition) is 10. The third-order valence-corrected chi connectivity index (χ3v) is 6.89. The normalized spacial score (nSPS) is 12.1. The molecule has 0 aliphatic heterocycles. The summed E-state index contributed by atoms with van der Waals surface area (Å²) in [5, 5.41) is 9.49. The van der Waals surface area contributed by atoms with E-state index in [4.69, 9.17) is 4.52 Å². The Kier molecular flexibility index (Phi) is 6.76. The van der Waals surface area contributed by atoms with Gasteiger partial charge in [-0.1, -0.05) is 16.5 Å². The van der Waals surface area contributed by atoms with Crippen LogP contribution in [0.25, 0.3) is 21.6 Å². The number of rotatable bonds is 8. The third-order valence-electron chi connectivity index (χ3n) is 4.93. The number of urea groups is 1. The summed E-state index contributed by atoms with van der Waals surface area (Å²) in [4.78, 5) is 30.0. The average molecular weight is 520 g/mol. The molecule has 14 heteroatoms. The predicted molar refractivity (Wildman–Crippen MR) is 128 cm³/mol. The number of thiazole rings is 1. The third kappa shape index (κ3) is 5.77. The molecule has 0 aromatic carbocycles. The van der Waals surface area contributed by atoms with E-state index >= 15 is 0 Å². The SMILES string of the molecule is CC(C)(CF)c1nc(CCNC(=O)Nc2nc3ccc(-c4cncc(S(C)(=O)=O)c4)nc3s2)no1. The Morgan fingerprint density at radius 1 is 1.20 bits per heavy atom. The maximum atomic E-state index is 13.0. The first-order valence-electron chi connectivity index (χ1n) is 10.4. The number of halogens is 1. The zero-order valence-electron chi connectivity index (χ0n) is 19.1. The number of alkyl halides is 1. The van der Waals surface area contributed by atoms with Gasteiger partial charge in [-0.25, -0.2) is 27.6 Å². The molecule has 11 nitrogen and oxygen atoms in total. The van der Waals surface area contributed by atoms with Crippen LogP contribution in [0.5, 0.6) is 0 Å². The summed E-state index contributed by atoms with van der Waals surface area (Å²) in [5.41, 5.74) is 0.806. The summed E-state index contributed by atoms with van der Waals surface area (Å²) < 4.78 is 41.7. The van der Waals surface area contributed by atoms with E-state index in [0.29, 0.717) is 39.0 Å². The smallest absolute Gasteiger partial charge is 0.321 e. The monoisotopic (exact) mass is 519 g/mol. The molecule has 0 aliphatic rings. The Balaban J connectivity index is 1.38. The van der Waals surface area contributed by atoms with Crippen molar-refractivity contribution in [3.63, 3.8) is 0 Å². The molecule has 0 radical (unpaired) electrons. The van der Waals surface area contributed by atoms with Crippen LogP contribution in [-0.4, -0.2) is 59.0 Å². The number of pyridine rings is 2. The molecule has 0 saturated carbocycles. The molecule has 0 aliphatic carbocycles. The number of nitrogens with one attached hydrogen (secondary N) is 2. The molecular formula is C21H22FN7O4S2.